The minimum Gasteiger partial charge on any atom is -0.396 e. The van der Waals surface area contributed by atoms with Crippen LogP contribution in [-0.4, -0.2) is 11.7 Å². The van der Waals surface area contributed by atoms with Gasteiger partial charge in [-0.05, 0) is 35.7 Å². The molecule has 2 aromatic carbocycles. The quantitative estimate of drug-likeness (QED) is 0.885. The summed E-state index contributed by atoms with van der Waals surface area (Å²) in [6, 6.07) is 15.3. The van der Waals surface area contributed by atoms with E-state index in [0.717, 1.165) is 22.6 Å². The number of benzene rings is 2. The van der Waals surface area contributed by atoms with Crippen LogP contribution in [0.1, 0.15) is 17.0 Å². The molecule has 1 N–H and O–H groups in total. The third kappa shape index (κ3) is 3.26. The summed E-state index contributed by atoms with van der Waals surface area (Å²) < 4.78 is 0. The number of hydrogen-bond acceptors (Lipinski definition) is 1. The molecular formula is C15H14Cl2O. The molecule has 0 aliphatic heterocycles. The van der Waals surface area contributed by atoms with E-state index in [2.05, 4.69) is 0 Å². The first-order chi connectivity index (χ1) is 8.70. The maximum atomic E-state index is 9.52. The van der Waals surface area contributed by atoms with Crippen molar-refractivity contribution in [1.29, 1.82) is 0 Å². The maximum absolute atomic E-state index is 9.52. The van der Waals surface area contributed by atoms with Gasteiger partial charge >= 0.3 is 0 Å². The smallest absolute Gasteiger partial charge is 0.0502 e. The fourth-order valence-electron chi connectivity index (χ4n) is 1.95. The van der Waals surface area contributed by atoms with Crippen LogP contribution in [0.5, 0.6) is 0 Å². The molecule has 2 rings (SSSR count). The molecule has 0 fully saturated rings. The molecule has 3 heteroatoms. The van der Waals surface area contributed by atoms with Crippen molar-refractivity contribution >= 4 is 23.2 Å². The van der Waals surface area contributed by atoms with Gasteiger partial charge in [0, 0.05) is 16.0 Å². The van der Waals surface area contributed by atoms with Crippen molar-refractivity contribution in [3.8, 4) is 0 Å². The van der Waals surface area contributed by atoms with Gasteiger partial charge in [0.15, 0.2) is 0 Å². The molecule has 94 valence electrons. The molecule has 0 bridgehead atoms. The first-order valence-corrected chi connectivity index (χ1v) is 6.56. The van der Waals surface area contributed by atoms with Crippen molar-refractivity contribution in [3.63, 3.8) is 0 Å². The van der Waals surface area contributed by atoms with Crippen LogP contribution < -0.4 is 0 Å². The molecule has 0 aromatic heterocycles. The zero-order chi connectivity index (χ0) is 13.0. The van der Waals surface area contributed by atoms with Crippen LogP contribution in [0, 0.1) is 0 Å². The number of aliphatic hydroxyl groups excluding tert-OH is 1. The standard InChI is InChI=1S/C15H14Cl2O/c16-14-7-5-11(6-8-14)13(10-18)9-12-3-1-2-4-15(12)17/h1-8,13,18H,9-10H2/t13-/m0/s1. The van der Waals surface area contributed by atoms with Crippen molar-refractivity contribution in [2.45, 2.75) is 12.3 Å². The van der Waals surface area contributed by atoms with E-state index >= 15 is 0 Å². The number of aliphatic hydroxyl groups is 1. The molecule has 1 nitrogen and oxygen atoms in total. The largest absolute Gasteiger partial charge is 0.396 e. The number of halogens is 2. The molecule has 0 spiro atoms. The lowest BCUT2D eigenvalue weighted by molar-refractivity contribution is 0.264. The molecule has 18 heavy (non-hydrogen) atoms. The van der Waals surface area contributed by atoms with Crippen LogP contribution in [-0.2, 0) is 6.42 Å². The second-order valence-corrected chi connectivity index (χ2v) is 5.07. The normalized spacial score (nSPS) is 12.4. The highest BCUT2D eigenvalue weighted by Crippen LogP contribution is 2.25. The minimum atomic E-state index is 0.0437. The summed E-state index contributed by atoms with van der Waals surface area (Å²) in [5, 5.41) is 11.0. The molecule has 0 heterocycles. The average Bonchev–Trinajstić information content (AvgIpc) is 2.39. The van der Waals surface area contributed by atoms with Crippen molar-refractivity contribution in [3.05, 3.63) is 69.7 Å². The monoisotopic (exact) mass is 280 g/mol. The lowest BCUT2D eigenvalue weighted by atomic mass is 9.93. The van der Waals surface area contributed by atoms with Crippen LogP contribution in [0.25, 0.3) is 0 Å². The van der Waals surface area contributed by atoms with Crippen LogP contribution in [0.3, 0.4) is 0 Å². The zero-order valence-corrected chi connectivity index (χ0v) is 11.3. The summed E-state index contributed by atoms with van der Waals surface area (Å²) in [4.78, 5) is 0. The molecular weight excluding hydrogens is 267 g/mol. The number of hydrogen-bond donors (Lipinski definition) is 1. The van der Waals surface area contributed by atoms with E-state index in [1.54, 1.807) is 0 Å². The molecule has 0 aliphatic rings. The Morgan fingerprint density at radius 2 is 1.61 bits per heavy atom. The minimum absolute atomic E-state index is 0.0437. The molecule has 0 amide bonds. The summed E-state index contributed by atoms with van der Waals surface area (Å²) in [5.41, 5.74) is 2.12. The Kier molecular flexibility index (Phi) is 4.65. The van der Waals surface area contributed by atoms with Crippen molar-refractivity contribution in [2.24, 2.45) is 0 Å². The Labute approximate surface area is 117 Å². The molecule has 0 radical (unpaired) electrons. The van der Waals surface area contributed by atoms with Gasteiger partial charge in [-0.2, -0.15) is 0 Å². The Morgan fingerprint density at radius 3 is 2.22 bits per heavy atom. The summed E-state index contributed by atoms with van der Waals surface area (Å²) in [6.45, 7) is 0.0901. The van der Waals surface area contributed by atoms with Crippen LogP contribution in [0.15, 0.2) is 48.5 Å². The van der Waals surface area contributed by atoms with Gasteiger partial charge in [0.05, 0.1) is 6.61 Å². The second kappa shape index (κ2) is 6.24. The fourth-order valence-corrected chi connectivity index (χ4v) is 2.29. The lowest BCUT2D eigenvalue weighted by Crippen LogP contribution is -2.08. The molecule has 0 unspecified atom stereocenters. The highest BCUT2D eigenvalue weighted by Gasteiger charge is 2.12. The van der Waals surface area contributed by atoms with Gasteiger partial charge in [-0.15, -0.1) is 0 Å². The predicted molar refractivity (Wildman–Crippen MR) is 76.4 cm³/mol. The lowest BCUT2D eigenvalue weighted by Gasteiger charge is -2.15. The highest BCUT2D eigenvalue weighted by molar-refractivity contribution is 6.31. The topological polar surface area (TPSA) is 20.2 Å². The van der Waals surface area contributed by atoms with Gasteiger partial charge in [0.25, 0.3) is 0 Å². The van der Waals surface area contributed by atoms with Crippen LogP contribution in [0.4, 0.5) is 0 Å². The second-order valence-electron chi connectivity index (χ2n) is 4.23. The van der Waals surface area contributed by atoms with Gasteiger partial charge < -0.3 is 5.11 Å². The van der Waals surface area contributed by atoms with Crippen molar-refractivity contribution < 1.29 is 5.11 Å². The summed E-state index contributed by atoms with van der Waals surface area (Å²) in [7, 11) is 0. The zero-order valence-electron chi connectivity index (χ0n) is 9.81. The van der Waals surface area contributed by atoms with Gasteiger partial charge in [0.1, 0.15) is 0 Å². The van der Waals surface area contributed by atoms with E-state index in [1.807, 2.05) is 48.5 Å². The number of rotatable bonds is 4. The van der Waals surface area contributed by atoms with E-state index in [1.165, 1.54) is 0 Å². The van der Waals surface area contributed by atoms with Gasteiger partial charge in [0.2, 0.25) is 0 Å². The fraction of sp³-hybridized carbons (Fsp3) is 0.200. The SMILES string of the molecule is OC[C@H](Cc1ccccc1Cl)c1ccc(Cl)cc1. The first-order valence-electron chi connectivity index (χ1n) is 5.80. The van der Waals surface area contributed by atoms with Crippen molar-refractivity contribution in [2.75, 3.05) is 6.61 Å². The van der Waals surface area contributed by atoms with Crippen LogP contribution >= 0.6 is 23.2 Å². The van der Waals surface area contributed by atoms with E-state index < -0.39 is 0 Å². The van der Waals surface area contributed by atoms with Gasteiger partial charge in [-0.1, -0.05) is 53.5 Å². The van der Waals surface area contributed by atoms with Crippen molar-refractivity contribution in [1.82, 2.24) is 0 Å². The summed E-state index contributed by atoms with van der Waals surface area (Å²) in [6.07, 6.45) is 0.720. The molecule has 0 aliphatic carbocycles. The Hall–Kier alpha value is -1.02. The van der Waals surface area contributed by atoms with Crippen LogP contribution in [0.2, 0.25) is 10.0 Å². The van der Waals surface area contributed by atoms with Gasteiger partial charge in [-0.25, -0.2) is 0 Å². The van der Waals surface area contributed by atoms with E-state index in [9.17, 15) is 5.11 Å². The summed E-state index contributed by atoms with van der Waals surface area (Å²) >= 11 is 12.0. The summed E-state index contributed by atoms with van der Waals surface area (Å²) in [5.74, 6) is 0.0437. The van der Waals surface area contributed by atoms with Gasteiger partial charge in [-0.3, -0.25) is 0 Å². The first kappa shape index (κ1) is 13.4. The molecule has 0 saturated heterocycles. The highest BCUT2D eigenvalue weighted by atomic mass is 35.5. The van der Waals surface area contributed by atoms with E-state index in [-0.39, 0.29) is 12.5 Å². The van der Waals surface area contributed by atoms with E-state index in [0.29, 0.717) is 5.02 Å². The van der Waals surface area contributed by atoms with E-state index in [4.69, 9.17) is 23.2 Å². The molecule has 1 atom stereocenters. The third-order valence-corrected chi connectivity index (χ3v) is 3.61. The Morgan fingerprint density at radius 1 is 0.944 bits per heavy atom. The molecule has 0 saturated carbocycles. The molecule has 2 aromatic rings. The Bertz CT molecular complexity index is 508. The maximum Gasteiger partial charge on any atom is 0.0502 e. The third-order valence-electron chi connectivity index (χ3n) is 2.99. The predicted octanol–water partition coefficient (Wildman–Crippen LogP) is 4.31. The Balaban J connectivity index is 2.20. The average molecular weight is 281 g/mol.